The zero-order valence-electron chi connectivity index (χ0n) is 17.8. The molecule has 0 aliphatic carbocycles. The number of nitrogens with zero attached hydrogens (tertiary/aromatic N) is 2. The first-order valence-electron chi connectivity index (χ1n) is 10.4. The van der Waals surface area contributed by atoms with Crippen LogP contribution in [0.25, 0.3) is 11.3 Å². The number of hydrogen-bond donors (Lipinski definition) is 1. The van der Waals surface area contributed by atoms with Gasteiger partial charge in [0.2, 0.25) is 5.88 Å². The predicted molar refractivity (Wildman–Crippen MR) is 112 cm³/mol. The van der Waals surface area contributed by atoms with Crippen molar-refractivity contribution in [3.8, 4) is 17.1 Å². The molecule has 0 unspecified atom stereocenters. The summed E-state index contributed by atoms with van der Waals surface area (Å²) in [6, 6.07) is 9.65. The van der Waals surface area contributed by atoms with Crippen LogP contribution in [0.4, 0.5) is 13.2 Å². The molecule has 33 heavy (non-hydrogen) atoms. The molecular formula is C23H22F3N3O4. The number of amides is 1. The van der Waals surface area contributed by atoms with E-state index in [0.29, 0.717) is 43.1 Å². The molecule has 0 atom stereocenters. The van der Waals surface area contributed by atoms with Gasteiger partial charge in [0, 0.05) is 31.0 Å². The van der Waals surface area contributed by atoms with E-state index in [-0.39, 0.29) is 12.6 Å². The van der Waals surface area contributed by atoms with Gasteiger partial charge < -0.3 is 19.3 Å². The molecule has 2 aromatic heterocycles. The summed E-state index contributed by atoms with van der Waals surface area (Å²) in [6.07, 6.45) is -2.75. The summed E-state index contributed by atoms with van der Waals surface area (Å²) in [6.45, 7) is 2.37. The lowest BCUT2D eigenvalue weighted by molar-refractivity contribution is -0.138. The minimum atomic E-state index is -4.76. The van der Waals surface area contributed by atoms with E-state index in [9.17, 15) is 18.0 Å². The van der Waals surface area contributed by atoms with Gasteiger partial charge >= 0.3 is 6.18 Å². The molecule has 174 valence electrons. The zero-order valence-corrected chi connectivity index (χ0v) is 17.8. The molecule has 4 rings (SSSR count). The molecule has 3 aromatic rings. The largest absolute Gasteiger partial charge is 0.472 e. The third-order valence-corrected chi connectivity index (χ3v) is 5.39. The van der Waals surface area contributed by atoms with Crippen molar-refractivity contribution in [1.29, 1.82) is 0 Å². The van der Waals surface area contributed by atoms with Gasteiger partial charge in [0.05, 0.1) is 11.1 Å². The molecule has 1 fully saturated rings. The van der Waals surface area contributed by atoms with Gasteiger partial charge in [-0.05, 0) is 25.8 Å². The minimum absolute atomic E-state index is 0.175. The number of alkyl halides is 3. The van der Waals surface area contributed by atoms with Crippen molar-refractivity contribution in [3.05, 3.63) is 65.0 Å². The summed E-state index contributed by atoms with van der Waals surface area (Å²) < 4.78 is 57.4. The third kappa shape index (κ3) is 5.16. The number of pyridine rings is 1. The number of carbonyl (C=O) groups is 1. The first-order valence-corrected chi connectivity index (χ1v) is 10.4. The van der Waals surface area contributed by atoms with Crippen LogP contribution < -0.4 is 10.1 Å². The van der Waals surface area contributed by atoms with Gasteiger partial charge in [-0.1, -0.05) is 35.5 Å². The summed E-state index contributed by atoms with van der Waals surface area (Å²) in [5.74, 6) is -0.842. The van der Waals surface area contributed by atoms with Crippen LogP contribution in [-0.2, 0) is 17.5 Å². The molecule has 1 aliphatic rings. The van der Waals surface area contributed by atoms with E-state index in [2.05, 4.69) is 15.5 Å². The monoisotopic (exact) mass is 461 g/mol. The average Bonchev–Trinajstić information content (AvgIpc) is 3.18. The van der Waals surface area contributed by atoms with Crippen molar-refractivity contribution in [2.24, 2.45) is 0 Å². The fourth-order valence-corrected chi connectivity index (χ4v) is 3.63. The first kappa shape index (κ1) is 22.8. The number of rotatable bonds is 6. The molecule has 0 spiro atoms. The van der Waals surface area contributed by atoms with E-state index in [1.54, 1.807) is 6.92 Å². The third-order valence-electron chi connectivity index (χ3n) is 5.39. The minimum Gasteiger partial charge on any atom is -0.472 e. The van der Waals surface area contributed by atoms with E-state index < -0.39 is 29.1 Å². The SMILES string of the molecule is Cc1onc(-c2ccccc2)c1COc1nccc(C(F)(F)F)c1C(=O)NC1CCOCC1. The molecule has 1 amide bonds. The van der Waals surface area contributed by atoms with Gasteiger partial charge in [0.15, 0.2) is 0 Å². The summed E-state index contributed by atoms with van der Waals surface area (Å²) in [7, 11) is 0. The molecular weight excluding hydrogens is 439 g/mol. The summed E-state index contributed by atoms with van der Waals surface area (Å²) in [5, 5.41) is 6.70. The summed E-state index contributed by atoms with van der Waals surface area (Å²) in [4.78, 5) is 16.9. The van der Waals surface area contributed by atoms with Crippen molar-refractivity contribution >= 4 is 5.91 Å². The molecule has 1 aliphatic heterocycles. The Morgan fingerprint density at radius 3 is 2.61 bits per heavy atom. The van der Waals surface area contributed by atoms with Crippen LogP contribution in [0.15, 0.2) is 47.1 Å². The fraction of sp³-hybridized carbons (Fsp3) is 0.348. The summed E-state index contributed by atoms with van der Waals surface area (Å²) >= 11 is 0. The molecule has 1 N–H and O–H groups in total. The second kappa shape index (κ2) is 9.62. The lowest BCUT2D eigenvalue weighted by atomic mass is 10.1. The van der Waals surface area contributed by atoms with Crippen molar-refractivity contribution in [1.82, 2.24) is 15.5 Å². The molecule has 0 radical (unpaired) electrons. The number of aryl methyl sites for hydroxylation is 1. The van der Waals surface area contributed by atoms with E-state index in [1.807, 2.05) is 30.3 Å². The Labute approximate surface area is 187 Å². The smallest absolute Gasteiger partial charge is 0.417 e. The van der Waals surface area contributed by atoms with Gasteiger partial charge in [0.25, 0.3) is 5.91 Å². The van der Waals surface area contributed by atoms with Crippen LogP contribution in [0.3, 0.4) is 0 Å². The fourth-order valence-electron chi connectivity index (χ4n) is 3.63. The zero-order chi connectivity index (χ0) is 23.4. The Bertz CT molecular complexity index is 1110. The van der Waals surface area contributed by atoms with Crippen molar-refractivity contribution in [3.63, 3.8) is 0 Å². The molecule has 7 nitrogen and oxygen atoms in total. The molecule has 1 saturated heterocycles. The Hall–Kier alpha value is -3.40. The van der Waals surface area contributed by atoms with Crippen LogP contribution in [0, 0.1) is 6.92 Å². The first-order chi connectivity index (χ1) is 15.8. The van der Waals surface area contributed by atoms with Crippen LogP contribution in [0.5, 0.6) is 5.88 Å². The number of ether oxygens (including phenoxy) is 2. The van der Waals surface area contributed by atoms with E-state index in [0.717, 1.165) is 17.8 Å². The van der Waals surface area contributed by atoms with Gasteiger partial charge in [-0.15, -0.1) is 0 Å². The molecule has 0 saturated carbocycles. The quantitative estimate of drug-likeness (QED) is 0.580. The number of carbonyl (C=O) groups excluding carboxylic acids is 1. The topological polar surface area (TPSA) is 86.5 Å². The second-order valence-electron chi connectivity index (χ2n) is 7.62. The van der Waals surface area contributed by atoms with Crippen LogP contribution in [0.2, 0.25) is 0 Å². The van der Waals surface area contributed by atoms with Gasteiger partial charge in [-0.3, -0.25) is 4.79 Å². The maximum absolute atomic E-state index is 13.7. The Morgan fingerprint density at radius 1 is 1.18 bits per heavy atom. The van der Waals surface area contributed by atoms with Crippen LogP contribution in [-0.4, -0.2) is 35.3 Å². The number of nitrogens with one attached hydrogen (secondary N) is 1. The van der Waals surface area contributed by atoms with Gasteiger partial charge in [-0.2, -0.15) is 13.2 Å². The standard InChI is InChI=1S/C23H22F3N3O4/c1-14-17(20(29-33-14)15-5-3-2-4-6-15)13-32-22-19(18(7-10-27-22)23(24,25)26)21(30)28-16-8-11-31-12-9-16/h2-7,10,16H,8-9,11-13H2,1H3,(H,28,30). The molecule has 1 aromatic carbocycles. The average molecular weight is 461 g/mol. The van der Waals surface area contributed by atoms with E-state index in [4.69, 9.17) is 14.0 Å². The highest BCUT2D eigenvalue weighted by Crippen LogP contribution is 2.36. The Kier molecular flexibility index (Phi) is 6.64. The van der Waals surface area contributed by atoms with Crippen LogP contribution in [0.1, 0.15) is 40.1 Å². The van der Waals surface area contributed by atoms with Crippen molar-refractivity contribution < 1.29 is 32.0 Å². The highest BCUT2D eigenvalue weighted by atomic mass is 19.4. The van der Waals surface area contributed by atoms with Crippen molar-refractivity contribution in [2.45, 2.75) is 38.6 Å². The van der Waals surface area contributed by atoms with Gasteiger partial charge in [-0.25, -0.2) is 4.98 Å². The maximum Gasteiger partial charge on any atom is 0.417 e. The highest BCUT2D eigenvalue weighted by Gasteiger charge is 2.38. The van der Waals surface area contributed by atoms with Crippen molar-refractivity contribution in [2.75, 3.05) is 13.2 Å². The van der Waals surface area contributed by atoms with Crippen LogP contribution >= 0.6 is 0 Å². The normalized spacial score (nSPS) is 14.8. The maximum atomic E-state index is 13.7. The highest BCUT2D eigenvalue weighted by molar-refractivity contribution is 5.98. The Balaban J connectivity index is 1.63. The lowest BCUT2D eigenvalue weighted by Crippen LogP contribution is -2.39. The van der Waals surface area contributed by atoms with Gasteiger partial charge in [0.1, 0.15) is 23.6 Å². The number of benzene rings is 1. The number of aromatic nitrogens is 2. The second-order valence-corrected chi connectivity index (χ2v) is 7.62. The lowest BCUT2D eigenvalue weighted by Gasteiger charge is -2.24. The number of hydrogen-bond acceptors (Lipinski definition) is 6. The summed E-state index contributed by atoms with van der Waals surface area (Å²) in [5.41, 5.74) is 0.0705. The number of halogens is 3. The van der Waals surface area contributed by atoms with E-state index in [1.165, 1.54) is 0 Å². The predicted octanol–water partition coefficient (Wildman–Crippen LogP) is 4.55. The Morgan fingerprint density at radius 2 is 1.91 bits per heavy atom. The van der Waals surface area contributed by atoms with E-state index >= 15 is 0 Å². The molecule has 10 heteroatoms. The molecule has 3 heterocycles. The molecule has 0 bridgehead atoms.